The Morgan fingerprint density at radius 3 is 2.80 bits per heavy atom. The summed E-state index contributed by atoms with van der Waals surface area (Å²) >= 11 is 0. The highest BCUT2D eigenvalue weighted by Crippen LogP contribution is 2.35. The maximum absolute atomic E-state index is 5.28. The molecule has 1 unspecified atom stereocenters. The number of aryl methyl sites for hydroxylation is 1. The molecular formula is C12H18N2O. The molecule has 1 aliphatic rings. The van der Waals surface area contributed by atoms with Crippen molar-refractivity contribution in [2.24, 2.45) is 5.92 Å². The van der Waals surface area contributed by atoms with Crippen LogP contribution in [-0.2, 0) is 0 Å². The fourth-order valence-electron chi connectivity index (χ4n) is 1.74. The summed E-state index contributed by atoms with van der Waals surface area (Å²) in [6, 6.07) is 4.42. The van der Waals surface area contributed by atoms with Crippen LogP contribution >= 0.6 is 0 Å². The highest BCUT2D eigenvalue weighted by molar-refractivity contribution is 5.51. The monoisotopic (exact) mass is 206 g/mol. The highest BCUT2D eigenvalue weighted by Gasteiger charge is 2.28. The van der Waals surface area contributed by atoms with Gasteiger partial charge in [-0.1, -0.05) is 0 Å². The SMILES string of the molecule is COc1ccc(C)nc1NC(C)C1CC1. The minimum atomic E-state index is 0.494. The van der Waals surface area contributed by atoms with E-state index in [1.807, 2.05) is 19.1 Å². The predicted molar refractivity (Wildman–Crippen MR) is 61.3 cm³/mol. The fourth-order valence-corrected chi connectivity index (χ4v) is 1.74. The second-order valence-electron chi connectivity index (χ2n) is 4.27. The maximum atomic E-state index is 5.28. The molecule has 0 saturated heterocycles. The van der Waals surface area contributed by atoms with Crippen LogP contribution in [0.1, 0.15) is 25.5 Å². The Morgan fingerprint density at radius 1 is 1.47 bits per heavy atom. The summed E-state index contributed by atoms with van der Waals surface area (Å²) < 4.78 is 5.28. The minimum Gasteiger partial charge on any atom is -0.493 e. The third-order valence-electron chi connectivity index (χ3n) is 2.91. The second kappa shape index (κ2) is 4.09. The number of hydrogen-bond donors (Lipinski definition) is 1. The number of ether oxygens (including phenoxy) is 1. The van der Waals surface area contributed by atoms with Gasteiger partial charge in [0.25, 0.3) is 0 Å². The maximum Gasteiger partial charge on any atom is 0.169 e. The summed E-state index contributed by atoms with van der Waals surface area (Å²) in [6.45, 7) is 4.20. The molecule has 0 spiro atoms. The molecule has 0 amide bonds. The molecule has 1 fully saturated rings. The van der Waals surface area contributed by atoms with Crippen molar-refractivity contribution in [3.05, 3.63) is 17.8 Å². The van der Waals surface area contributed by atoms with Gasteiger partial charge < -0.3 is 10.1 Å². The Balaban J connectivity index is 2.13. The number of nitrogens with zero attached hydrogens (tertiary/aromatic N) is 1. The Labute approximate surface area is 90.9 Å². The molecule has 0 aromatic carbocycles. The first-order valence-electron chi connectivity index (χ1n) is 5.49. The van der Waals surface area contributed by atoms with Crippen molar-refractivity contribution >= 4 is 5.82 Å². The van der Waals surface area contributed by atoms with E-state index in [0.29, 0.717) is 6.04 Å². The van der Waals surface area contributed by atoms with Crippen LogP contribution < -0.4 is 10.1 Å². The molecule has 3 nitrogen and oxygen atoms in total. The van der Waals surface area contributed by atoms with E-state index in [2.05, 4.69) is 17.2 Å². The van der Waals surface area contributed by atoms with Crippen LogP contribution in [0.15, 0.2) is 12.1 Å². The number of hydrogen-bond acceptors (Lipinski definition) is 3. The zero-order valence-corrected chi connectivity index (χ0v) is 9.58. The molecule has 2 rings (SSSR count). The van der Waals surface area contributed by atoms with E-state index in [4.69, 9.17) is 4.74 Å². The molecule has 1 aromatic rings. The van der Waals surface area contributed by atoms with E-state index >= 15 is 0 Å². The van der Waals surface area contributed by atoms with Gasteiger partial charge in [0.2, 0.25) is 0 Å². The Morgan fingerprint density at radius 2 is 2.20 bits per heavy atom. The zero-order valence-electron chi connectivity index (χ0n) is 9.58. The van der Waals surface area contributed by atoms with Gasteiger partial charge in [-0.15, -0.1) is 0 Å². The quantitative estimate of drug-likeness (QED) is 0.822. The number of anilines is 1. The molecule has 0 bridgehead atoms. The van der Waals surface area contributed by atoms with Gasteiger partial charge >= 0.3 is 0 Å². The summed E-state index contributed by atoms with van der Waals surface area (Å²) in [5.74, 6) is 2.52. The zero-order chi connectivity index (χ0) is 10.8. The van der Waals surface area contributed by atoms with E-state index in [-0.39, 0.29) is 0 Å². The summed E-state index contributed by atoms with van der Waals surface area (Å²) in [4.78, 5) is 4.46. The Hall–Kier alpha value is -1.25. The second-order valence-corrected chi connectivity index (χ2v) is 4.27. The van der Waals surface area contributed by atoms with Gasteiger partial charge in [0.05, 0.1) is 7.11 Å². The van der Waals surface area contributed by atoms with Crippen LogP contribution in [0, 0.1) is 12.8 Å². The summed E-state index contributed by atoms with van der Waals surface area (Å²) in [7, 11) is 1.68. The lowest BCUT2D eigenvalue weighted by molar-refractivity contribution is 0.414. The predicted octanol–water partition coefficient (Wildman–Crippen LogP) is 2.61. The molecule has 15 heavy (non-hydrogen) atoms. The first-order chi connectivity index (χ1) is 7.20. The average Bonchev–Trinajstić information content (AvgIpc) is 3.01. The van der Waals surface area contributed by atoms with E-state index in [1.54, 1.807) is 7.11 Å². The van der Waals surface area contributed by atoms with Crippen LogP contribution in [-0.4, -0.2) is 18.1 Å². The normalized spacial score (nSPS) is 17.3. The molecule has 1 atom stereocenters. The minimum absolute atomic E-state index is 0.494. The van der Waals surface area contributed by atoms with Gasteiger partial charge in [0, 0.05) is 11.7 Å². The molecule has 1 aliphatic carbocycles. The number of aromatic nitrogens is 1. The van der Waals surface area contributed by atoms with E-state index < -0.39 is 0 Å². The van der Waals surface area contributed by atoms with Gasteiger partial charge in [0.1, 0.15) is 0 Å². The Bertz CT molecular complexity index is 347. The van der Waals surface area contributed by atoms with Gasteiger partial charge in [0.15, 0.2) is 11.6 Å². The van der Waals surface area contributed by atoms with Gasteiger partial charge in [-0.3, -0.25) is 0 Å². The summed E-state index contributed by atoms with van der Waals surface area (Å²) in [6.07, 6.45) is 2.67. The first-order valence-corrected chi connectivity index (χ1v) is 5.49. The fraction of sp³-hybridized carbons (Fsp3) is 0.583. The van der Waals surface area contributed by atoms with Crippen molar-refractivity contribution in [3.63, 3.8) is 0 Å². The van der Waals surface area contributed by atoms with Crippen LogP contribution in [0.4, 0.5) is 5.82 Å². The summed E-state index contributed by atoms with van der Waals surface area (Å²) in [5, 5.41) is 3.43. The molecule has 0 radical (unpaired) electrons. The van der Waals surface area contributed by atoms with E-state index in [1.165, 1.54) is 12.8 Å². The van der Waals surface area contributed by atoms with Gasteiger partial charge in [-0.05, 0) is 44.7 Å². The molecule has 0 aliphatic heterocycles. The van der Waals surface area contributed by atoms with Crippen LogP contribution in [0.25, 0.3) is 0 Å². The van der Waals surface area contributed by atoms with Crippen molar-refractivity contribution in [2.45, 2.75) is 32.7 Å². The smallest absolute Gasteiger partial charge is 0.169 e. The van der Waals surface area contributed by atoms with Crippen LogP contribution in [0.5, 0.6) is 5.75 Å². The van der Waals surface area contributed by atoms with Gasteiger partial charge in [-0.2, -0.15) is 0 Å². The van der Waals surface area contributed by atoms with Crippen LogP contribution in [0.2, 0.25) is 0 Å². The van der Waals surface area contributed by atoms with Crippen molar-refractivity contribution in [2.75, 3.05) is 12.4 Å². The lowest BCUT2D eigenvalue weighted by Gasteiger charge is -2.16. The van der Waals surface area contributed by atoms with Crippen molar-refractivity contribution in [1.82, 2.24) is 4.98 Å². The standard InChI is InChI=1S/C12H18N2O/c1-8-4-7-11(15-3)12(13-8)14-9(2)10-5-6-10/h4,7,9-10H,5-6H2,1-3H3,(H,13,14). The molecule has 1 saturated carbocycles. The Kier molecular flexibility index (Phi) is 2.80. The van der Waals surface area contributed by atoms with Crippen molar-refractivity contribution in [1.29, 1.82) is 0 Å². The molecule has 1 aromatic heterocycles. The first kappa shape index (κ1) is 10.3. The topological polar surface area (TPSA) is 34.1 Å². The van der Waals surface area contributed by atoms with E-state index in [0.717, 1.165) is 23.2 Å². The average molecular weight is 206 g/mol. The number of pyridine rings is 1. The third-order valence-corrected chi connectivity index (χ3v) is 2.91. The number of rotatable bonds is 4. The molecule has 82 valence electrons. The van der Waals surface area contributed by atoms with E-state index in [9.17, 15) is 0 Å². The van der Waals surface area contributed by atoms with Crippen molar-refractivity contribution < 1.29 is 4.74 Å². The molecule has 1 N–H and O–H groups in total. The summed E-state index contributed by atoms with van der Waals surface area (Å²) in [5.41, 5.74) is 1.02. The van der Waals surface area contributed by atoms with Gasteiger partial charge in [-0.25, -0.2) is 4.98 Å². The third kappa shape index (κ3) is 2.41. The highest BCUT2D eigenvalue weighted by atomic mass is 16.5. The molecular weight excluding hydrogens is 188 g/mol. The lowest BCUT2D eigenvalue weighted by Crippen LogP contribution is -2.18. The molecule has 3 heteroatoms. The largest absolute Gasteiger partial charge is 0.493 e. The number of methoxy groups -OCH3 is 1. The number of nitrogens with one attached hydrogen (secondary N) is 1. The van der Waals surface area contributed by atoms with Crippen molar-refractivity contribution in [3.8, 4) is 5.75 Å². The molecule has 1 heterocycles. The van der Waals surface area contributed by atoms with Crippen LogP contribution in [0.3, 0.4) is 0 Å². The lowest BCUT2D eigenvalue weighted by atomic mass is 10.2.